The Morgan fingerprint density at radius 2 is 0.786 bits per heavy atom. The molecule has 0 radical (unpaired) electrons. The van der Waals surface area contributed by atoms with E-state index in [1.165, 1.54) is 51.5 Å². The number of hydrogen-bond acceptors (Lipinski definition) is 6. The summed E-state index contributed by atoms with van der Waals surface area (Å²) in [5, 5.41) is 5.10. The van der Waals surface area contributed by atoms with Gasteiger partial charge in [-0.25, -0.2) is 15.0 Å². The first-order valence-corrected chi connectivity index (χ1v) is 20.2. The fraction of sp³-hybridized carbons (Fsp3) is 0. The Kier molecular flexibility index (Phi) is 7.83. The van der Waals surface area contributed by atoms with Gasteiger partial charge in [0.1, 0.15) is 0 Å². The molecule has 0 bridgehead atoms. The lowest BCUT2D eigenvalue weighted by Crippen LogP contribution is -2.00. The highest BCUT2D eigenvalue weighted by atomic mass is 32.1. The molecule has 0 N–H and O–H groups in total. The molecule has 4 aromatic heterocycles. The van der Waals surface area contributed by atoms with Crippen molar-refractivity contribution >= 4 is 63.0 Å². The molecule has 0 unspecified atom stereocenters. The SMILES string of the molecule is c1ccc(-c2nc(-c3ccc(-c4cccnc4)cc3)nc(-c3cc(-c4cccc5c4sc4ccccc45)cc(-c4cccc5c4sc4ccccc45)c3)n2)cc1. The minimum Gasteiger partial charge on any atom is -0.264 e. The summed E-state index contributed by atoms with van der Waals surface area (Å²) < 4.78 is 5.11. The first-order chi connectivity index (χ1) is 27.7. The molecule has 0 aliphatic rings. The van der Waals surface area contributed by atoms with Crippen LogP contribution >= 0.6 is 22.7 Å². The normalized spacial score (nSPS) is 11.6. The van der Waals surface area contributed by atoms with Gasteiger partial charge in [-0.3, -0.25) is 4.98 Å². The van der Waals surface area contributed by atoms with Crippen LogP contribution in [0.25, 0.3) is 108 Å². The van der Waals surface area contributed by atoms with Crippen LogP contribution in [-0.2, 0) is 0 Å². The summed E-state index contributed by atoms with van der Waals surface area (Å²) in [4.78, 5) is 19.8. The van der Waals surface area contributed by atoms with Crippen molar-refractivity contribution in [2.45, 2.75) is 0 Å². The second-order valence-corrected chi connectivity index (χ2v) is 16.0. The maximum absolute atomic E-state index is 5.24. The number of fused-ring (bicyclic) bond motifs is 6. The van der Waals surface area contributed by atoms with E-state index in [1.54, 1.807) is 6.20 Å². The van der Waals surface area contributed by atoms with Crippen molar-refractivity contribution in [3.05, 3.63) is 182 Å². The monoisotopic (exact) mass is 750 g/mol. The second kappa shape index (κ2) is 13.5. The Labute approximate surface area is 331 Å². The number of rotatable bonds is 6. The van der Waals surface area contributed by atoms with E-state index in [9.17, 15) is 0 Å². The summed E-state index contributed by atoms with van der Waals surface area (Å²) in [6.07, 6.45) is 3.67. The van der Waals surface area contributed by atoms with Gasteiger partial charge >= 0.3 is 0 Å². The quantitative estimate of drug-likeness (QED) is 0.170. The lowest BCUT2D eigenvalue weighted by atomic mass is 9.94. The van der Waals surface area contributed by atoms with E-state index in [2.05, 4.69) is 151 Å². The molecule has 4 heterocycles. The fourth-order valence-electron chi connectivity index (χ4n) is 7.71. The molecule has 0 spiro atoms. The third-order valence-corrected chi connectivity index (χ3v) is 12.9. The number of hydrogen-bond donors (Lipinski definition) is 0. The minimum atomic E-state index is 0.622. The van der Waals surface area contributed by atoms with Crippen LogP contribution in [0.2, 0.25) is 0 Å². The van der Waals surface area contributed by atoms with Gasteiger partial charge in [0.2, 0.25) is 0 Å². The predicted molar refractivity (Wildman–Crippen MR) is 236 cm³/mol. The van der Waals surface area contributed by atoms with Crippen LogP contribution in [0.15, 0.2) is 182 Å². The molecule has 0 saturated carbocycles. The van der Waals surface area contributed by atoms with Crippen LogP contribution < -0.4 is 0 Å². The zero-order chi connectivity index (χ0) is 37.0. The van der Waals surface area contributed by atoms with Crippen LogP contribution in [0, 0.1) is 0 Å². The second-order valence-electron chi connectivity index (χ2n) is 13.9. The molecule has 56 heavy (non-hydrogen) atoms. The summed E-state index contributed by atoms with van der Waals surface area (Å²) in [5.41, 5.74) is 9.56. The van der Waals surface area contributed by atoms with Crippen LogP contribution in [-0.4, -0.2) is 19.9 Å². The van der Waals surface area contributed by atoms with Gasteiger partial charge in [0.15, 0.2) is 17.5 Å². The van der Waals surface area contributed by atoms with Crippen molar-refractivity contribution < 1.29 is 0 Å². The van der Waals surface area contributed by atoms with Crippen molar-refractivity contribution in [2.24, 2.45) is 0 Å². The van der Waals surface area contributed by atoms with E-state index < -0.39 is 0 Å². The van der Waals surface area contributed by atoms with Gasteiger partial charge in [0, 0.05) is 69.4 Å². The summed E-state index contributed by atoms with van der Waals surface area (Å²) in [5.74, 6) is 1.88. The van der Waals surface area contributed by atoms with Crippen molar-refractivity contribution in [2.75, 3.05) is 0 Å². The van der Waals surface area contributed by atoms with Crippen molar-refractivity contribution in [1.82, 2.24) is 19.9 Å². The lowest BCUT2D eigenvalue weighted by Gasteiger charge is -2.13. The van der Waals surface area contributed by atoms with Crippen LogP contribution in [0.3, 0.4) is 0 Å². The lowest BCUT2D eigenvalue weighted by molar-refractivity contribution is 1.07. The van der Waals surface area contributed by atoms with Gasteiger partial charge in [0.05, 0.1) is 0 Å². The summed E-state index contributed by atoms with van der Waals surface area (Å²) in [6, 6.07) is 60.2. The molecule has 0 saturated heterocycles. The minimum absolute atomic E-state index is 0.622. The molecular formula is C50H30N4S2. The van der Waals surface area contributed by atoms with Crippen molar-refractivity contribution in [3.8, 4) is 67.5 Å². The first kappa shape index (κ1) is 32.6. The Morgan fingerprint density at radius 1 is 0.321 bits per heavy atom. The fourth-order valence-corrected chi connectivity index (χ4v) is 10.2. The summed E-state index contributed by atoms with van der Waals surface area (Å²) in [6.45, 7) is 0. The van der Waals surface area contributed by atoms with Crippen LogP contribution in [0.1, 0.15) is 0 Å². The molecule has 0 aliphatic heterocycles. The molecule has 0 fully saturated rings. The van der Waals surface area contributed by atoms with Crippen molar-refractivity contribution in [1.29, 1.82) is 0 Å². The molecule has 7 aromatic carbocycles. The summed E-state index contributed by atoms with van der Waals surface area (Å²) in [7, 11) is 0. The molecular weight excluding hydrogens is 721 g/mol. The van der Waals surface area contributed by atoms with Crippen LogP contribution in [0.5, 0.6) is 0 Å². The van der Waals surface area contributed by atoms with E-state index in [0.717, 1.165) is 38.9 Å². The van der Waals surface area contributed by atoms with Gasteiger partial charge in [0.25, 0.3) is 0 Å². The number of nitrogens with zero attached hydrogens (tertiary/aromatic N) is 4. The van der Waals surface area contributed by atoms with E-state index in [-0.39, 0.29) is 0 Å². The Balaban J connectivity index is 1.15. The van der Waals surface area contributed by atoms with E-state index in [0.29, 0.717) is 17.5 Å². The van der Waals surface area contributed by atoms with Gasteiger partial charge < -0.3 is 0 Å². The van der Waals surface area contributed by atoms with Crippen LogP contribution in [0.4, 0.5) is 0 Å². The number of aromatic nitrogens is 4. The molecule has 0 aliphatic carbocycles. The van der Waals surface area contributed by atoms with Crippen molar-refractivity contribution in [3.63, 3.8) is 0 Å². The molecule has 11 rings (SSSR count). The maximum Gasteiger partial charge on any atom is 0.164 e. The van der Waals surface area contributed by atoms with Gasteiger partial charge in [-0.1, -0.05) is 133 Å². The number of thiophene rings is 2. The molecule has 262 valence electrons. The highest BCUT2D eigenvalue weighted by Gasteiger charge is 2.18. The average molecular weight is 751 g/mol. The zero-order valence-electron chi connectivity index (χ0n) is 29.9. The maximum atomic E-state index is 5.24. The van der Waals surface area contributed by atoms with Gasteiger partial charge in [-0.15, -0.1) is 22.7 Å². The van der Waals surface area contributed by atoms with Gasteiger partial charge in [-0.05, 0) is 69.8 Å². The van der Waals surface area contributed by atoms with E-state index in [4.69, 9.17) is 15.0 Å². The average Bonchev–Trinajstić information content (AvgIpc) is 3.86. The highest BCUT2D eigenvalue weighted by Crippen LogP contribution is 2.44. The Morgan fingerprint density at radius 3 is 1.36 bits per heavy atom. The Bertz CT molecular complexity index is 3110. The molecule has 11 aromatic rings. The Hall–Kier alpha value is -6.86. The third kappa shape index (κ3) is 5.66. The van der Waals surface area contributed by atoms with Gasteiger partial charge in [-0.2, -0.15) is 0 Å². The largest absolute Gasteiger partial charge is 0.264 e. The smallest absolute Gasteiger partial charge is 0.164 e. The standard InChI is InChI=1S/C50H30N4S2/c1-2-11-32(12-3-1)48-52-49(33-24-22-31(23-25-33)34-13-10-26-51-30-34)54-50(53-48)37-28-35(38-16-8-18-42-40-14-4-6-20-44(40)55-46(38)42)27-36(29-37)39-17-9-19-43-41-15-5-7-21-45(41)56-47(39)43/h1-30H. The zero-order valence-corrected chi connectivity index (χ0v) is 31.6. The first-order valence-electron chi connectivity index (χ1n) is 18.5. The molecule has 0 atom stereocenters. The highest BCUT2D eigenvalue weighted by molar-refractivity contribution is 7.26. The number of benzene rings is 7. The van der Waals surface area contributed by atoms with E-state index in [1.807, 2.05) is 53.1 Å². The molecule has 0 amide bonds. The topological polar surface area (TPSA) is 51.6 Å². The molecule has 4 nitrogen and oxygen atoms in total. The predicted octanol–water partition coefficient (Wildman–Crippen LogP) is 14.0. The van der Waals surface area contributed by atoms with E-state index >= 15 is 0 Å². The summed E-state index contributed by atoms with van der Waals surface area (Å²) >= 11 is 3.70. The molecule has 6 heteroatoms. The number of pyridine rings is 1. The third-order valence-electron chi connectivity index (χ3n) is 10.4.